The first-order chi connectivity index (χ1) is 12.9. The second-order valence-electron chi connectivity index (χ2n) is 6.78. The molecule has 9 heteroatoms. The number of carbonyl (C=O) groups excluding carboxylic acids is 1. The molecular formula is C18H25N5O4. The van der Waals surface area contributed by atoms with Gasteiger partial charge in [-0.05, 0) is 26.0 Å². The van der Waals surface area contributed by atoms with E-state index >= 15 is 0 Å². The average Bonchev–Trinajstić information content (AvgIpc) is 2.68. The summed E-state index contributed by atoms with van der Waals surface area (Å²) in [6.07, 6.45) is 0.810. The summed E-state index contributed by atoms with van der Waals surface area (Å²) in [6.45, 7) is 6.43. The molecule has 1 aliphatic heterocycles. The van der Waals surface area contributed by atoms with E-state index in [-0.39, 0.29) is 22.5 Å². The van der Waals surface area contributed by atoms with Gasteiger partial charge in [0.1, 0.15) is 5.65 Å². The molecule has 2 aromatic heterocycles. The quantitative estimate of drug-likeness (QED) is 0.701. The van der Waals surface area contributed by atoms with Crippen molar-refractivity contribution in [3.05, 3.63) is 38.2 Å². The topological polar surface area (TPSA) is 98.5 Å². The van der Waals surface area contributed by atoms with E-state index in [0.29, 0.717) is 12.2 Å². The number of carbonyl (C=O) groups is 1. The molecular weight excluding hydrogens is 350 g/mol. The molecule has 0 radical (unpaired) electrons. The van der Waals surface area contributed by atoms with Crippen molar-refractivity contribution in [1.29, 1.82) is 0 Å². The van der Waals surface area contributed by atoms with Crippen LogP contribution in [0.15, 0.2) is 15.7 Å². The Hall–Kier alpha value is -2.52. The van der Waals surface area contributed by atoms with Crippen molar-refractivity contribution in [2.24, 2.45) is 14.1 Å². The zero-order chi connectivity index (χ0) is 19.6. The first-order valence-electron chi connectivity index (χ1n) is 9.06. The van der Waals surface area contributed by atoms with Crippen molar-refractivity contribution < 1.29 is 9.53 Å². The van der Waals surface area contributed by atoms with Gasteiger partial charge in [0.2, 0.25) is 0 Å². The normalized spacial score (nSPS) is 15.2. The van der Waals surface area contributed by atoms with Crippen molar-refractivity contribution in [1.82, 2.24) is 24.3 Å². The SMILES string of the molecule is Cc1cc(C(=O)NCCCN2CCOCC2)c2c(=O)n(C)c(=O)n(C)c2n1. The highest BCUT2D eigenvalue weighted by Gasteiger charge is 2.19. The van der Waals surface area contributed by atoms with Crippen LogP contribution < -0.4 is 16.6 Å². The molecule has 146 valence electrons. The summed E-state index contributed by atoms with van der Waals surface area (Å²) in [4.78, 5) is 44.0. The molecule has 0 aromatic carbocycles. The molecule has 0 aliphatic carbocycles. The van der Waals surface area contributed by atoms with Gasteiger partial charge in [-0.3, -0.25) is 23.6 Å². The van der Waals surface area contributed by atoms with E-state index in [1.54, 1.807) is 20.0 Å². The summed E-state index contributed by atoms with van der Waals surface area (Å²) in [5.74, 6) is -0.330. The molecule has 3 heterocycles. The van der Waals surface area contributed by atoms with Crippen molar-refractivity contribution in [3.63, 3.8) is 0 Å². The molecule has 1 amide bonds. The number of hydrogen-bond acceptors (Lipinski definition) is 6. The zero-order valence-corrected chi connectivity index (χ0v) is 15.9. The summed E-state index contributed by atoms with van der Waals surface area (Å²) in [5.41, 5.74) is 0.0624. The van der Waals surface area contributed by atoms with Gasteiger partial charge >= 0.3 is 5.69 Å². The Morgan fingerprint density at radius 2 is 1.93 bits per heavy atom. The number of hydrogen-bond donors (Lipinski definition) is 1. The van der Waals surface area contributed by atoms with E-state index < -0.39 is 11.2 Å². The Morgan fingerprint density at radius 3 is 2.63 bits per heavy atom. The van der Waals surface area contributed by atoms with Gasteiger partial charge in [-0.2, -0.15) is 0 Å². The molecule has 2 aromatic rings. The lowest BCUT2D eigenvalue weighted by Gasteiger charge is -2.26. The number of aromatic nitrogens is 3. The van der Waals surface area contributed by atoms with Crippen LogP contribution in [0.3, 0.4) is 0 Å². The molecule has 1 N–H and O–H groups in total. The molecule has 0 atom stereocenters. The average molecular weight is 375 g/mol. The summed E-state index contributed by atoms with van der Waals surface area (Å²) >= 11 is 0. The minimum absolute atomic E-state index is 0.163. The number of pyridine rings is 1. The number of nitrogens with one attached hydrogen (secondary N) is 1. The van der Waals surface area contributed by atoms with E-state index in [2.05, 4.69) is 15.2 Å². The fourth-order valence-corrected chi connectivity index (χ4v) is 3.28. The molecule has 0 unspecified atom stereocenters. The van der Waals surface area contributed by atoms with E-state index in [4.69, 9.17) is 4.74 Å². The number of fused-ring (bicyclic) bond motifs is 1. The third-order valence-electron chi connectivity index (χ3n) is 4.82. The predicted octanol–water partition coefficient (Wildman–Crippen LogP) is -0.607. The lowest BCUT2D eigenvalue weighted by molar-refractivity contribution is 0.0374. The van der Waals surface area contributed by atoms with E-state index in [9.17, 15) is 14.4 Å². The van der Waals surface area contributed by atoms with Crippen LogP contribution in [0, 0.1) is 6.92 Å². The summed E-state index contributed by atoms with van der Waals surface area (Å²) < 4.78 is 7.61. The molecule has 0 spiro atoms. The van der Waals surface area contributed by atoms with Crippen LogP contribution in [0.1, 0.15) is 22.5 Å². The maximum absolute atomic E-state index is 12.7. The Balaban J connectivity index is 1.80. The van der Waals surface area contributed by atoms with E-state index in [1.165, 1.54) is 11.6 Å². The van der Waals surface area contributed by atoms with Crippen molar-refractivity contribution in [2.45, 2.75) is 13.3 Å². The van der Waals surface area contributed by atoms with Crippen molar-refractivity contribution >= 4 is 16.9 Å². The Labute approximate surface area is 156 Å². The number of aryl methyl sites for hydroxylation is 2. The van der Waals surface area contributed by atoms with E-state index in [0.717, 1.165) is 43.8 Å². The molecule has 3 rings (SSSR count). The van der Waals surface area contributed by atoms with Gasteiger partial charge in [-0.1, -0.05) is 0 Å². The van der Waals surface area contributed by atoms with E-state index in [1.807, 2.05) is 0 Å². The van der Waals surface area contributed by atoms with Gasteiger partial charge in [-0.25, -0.2) is 9.78 Å². The maximum Gasteiger partial charge on any atom is 0.332 e. The Kier molecular flexibility index (Phi) is 5.71. The standard InChI is InChI=1S/C18H25N5O4/c1-12-11-13(14-15(20-12)21(2)18(26)22(3)17(14)25)16(24)19-5-4-6-23-7-9-27-10-8-23/h11H,4-10H2,1-3H3,(H,19,24). The van der Waals surface area contributed by atoms with Crippen molar-refractivity contribution in [2.75, 3.05) is 39.4 Å². The fourth-order valence-electron chi connectivity index (χ4n) is 3.28. The highest BCUT2D eigenvalue weighted by atomic mass is 16.5. The highest BCUT2D eigenvalue weighted by molar-refractivity contribution is 6.05. The number of nitrogens with zero attached hydrogens (tertiary/aromatic N) is 4. The van der Waals surface area contributed by atoms with Gasteiger partial charge in [0, 0.05) is 39.4 Å². The minimum atomic E-state index is -0.515. The van der Waals surface area contributed by atoms with Gasteiger partial charge < -0.3 is 10.1 Å². The van der Waals surface area contributed by atoms with Crippen LogP contribution in [0.4, 0.5) is 0 Å². The van der Waals surface area contributed by atoms with Crippen LogP contribution >= 0.6 is 0 Å². The second-order valence-corrected chi connectivity index (χ2v) is 6.78. The van der Waals surface area contributed by atoms with Gasteiger partial charge in [0.15, 0.2) is 0 Å². The summed E-state index contributed by atoms with van der Waals surface area (Å²) in [5, 5.41) is 3.04. The molecule has 27 heavy (non-hydrogen) atoms. The van der Waals surface area contributed by atoms with Crippen LogP contribution in [0.25, 0.3) is 11.0 Å². The molecule has 9 nitrogen and oxygen atoms in total. The fraction of sp³-hybridized carbons (Fsp3) is 0.556. The lowest BCUT2D eigenvalue weighted by Crippen LogP contribution is -2.39. The zero-order valence-electron chi connectivity index (χ0n) is 15.9. The van der Waals surface area contributed by atoms with Gasteiger partial charge in [-0.15, -0.1) is 0 Å². The van der Waals surface area contributed by atoms with Crippen molar-refractivity contribution in [3.8, 4) is 0 Å². The van der Waals surface area contributed by atoms with Crippen LogP contribution in [-0.2, 0) is 18.8 Å². The van der Waals surface area contributed by atoms with Crippen LogP contribution in [0.2, 0.25) is 0 Å². The maximum atomic E-state index is 12.7. The van der Waals surface area contributed by atoms with Gasteiger partial charge in [0.05, 0.1) is 24.2 Å². The first-order valence-corrected chi connectivity index (χ1v) is 9.06. The second kappa shape index (κ2) is 8.01. The molecule has 1 fully saturated rings. The summed E-state index contributed by atoms with van der Waals surface area (Å²) in [6, 6.07) is 1.59. The predicted molar refractivity (Wildman–Crippen MR) is 101 cm³/mol. The van der Waals surface area contributed by atoms with Crippen LogP contribution in [-0.4, -0.2) is 64.3 Å². The Bertz CT molecular complexity index is 972. The van der Waals surface area contributed by atoms with Crippen LogP contribution in [0.5, 0.6) is 0 Å². The molecule has 0 saturated carbocycles. The lowest BCUT2D eigenvalue weighted by atomic mass is 10.1. The van der Waals surface area contributed by atoms with Gasteiger partial charge in [0.25, 0.3) is 11.5 Å². The molecule has 1 saturated heterocycles. The molecule has 0 bridgehead atoms. The highest BCUT2D eigenvalue weighted by Crippen LogP contribution is 2.13. The smallest absolute Gasteiger partial charge is 0.332 e. The number of rotatable bonds is 5. The summed E-state index contributed by atoms with van der Waals surface area (Å²) in [7, 11) is 2.94. The number of amides is 1. The molecule has 1 aliphatic rings. The third-order valence-corrected chi connectivity index (χ3v) is 4.82. The minimum Gasteiger partial charge on any atom is -0.379 e. The Morgan fingerprint density at radius 1 is 1.22 bits per heavy atom. The number of morpholine rings is 1. The third kappa shape index (κ3) is 3.93. The monoisotopic (exact) mass is 375 g/mol. The first kappa shape index (κ1) is 19.2. The number of ether oxygens (including phenoxy) is 1. The largest absolute Gasteiger partial charge is 0.379 e.